The highest BCUT2D eigenvalue weighted by molar-refractivity contribution is 5.31. The maximum atomic E-state index is 9.53. The van der Waals surface area contributed by atoms with Crippen LogP contribution in [0.5, 0.6) is 11.5 Å². The molecule has 0 unspecified atom stereocenters. The van der Waals surface area contributed by atoms with Gasteiger partial charge in [-0.15, -0.1) is 4.91 Å². The van der Waals surface area contributed by atoms with Gasteiger partial charge in [0.1, 0.15) is 5.75 Å². The third-order valence-corrected chi connectivity index (χ3v) is 0.960. The molecule has 4 heteroatoms. The van der Waals surface area contributed by atoms with Gasteiger partial charge in [-0.2, -0.15) is 0 Å². The number of rotatable bonds is 2. The topological polar surface area (TPSA) is 58.9 Å². The molecule has 0 aliphatic carbocycles. The van der Waals surface area contributed by atoms with E-state index in [1.165, 1.54) is 18.2 Å². The summed E-state index contributed by atoms with van der Waals surface area (Å²) in [5.74, 6) is 0.274. The van der Waals surface area contributed by atoms with Crippen molar-refractivity contribution in [2.45, 2.75) is 0 Å². The molecule has 1 N–H and O–H groups in total. The van der Waals surface area contributed by atoms with Crippen LogP contribution in [-0.4, -0.2) is 5.11 Å². The van der Waals surface area contributed by atoms with Gasteiger partial charge in [0.15, 0.2) is 11.1 Å². The van der Waals surface area contributed by atoms with Crippen molar-refractivity contribution in [3.05, 3.63) is 29.2 Å². The number of phenols is 1. The van der Waals surface area contributed by atoms with Crippen molar-refractivity contribution in [2.75, 3.05) is 0 Å². The van der Waals surface area contributed by atoms with Crippen molar-refractivity contribution < 1.29 is 9.94 Å². The van der Waals surface area contributed by atoms with Gasteiger partial charge in [-0.1, -0.05) is 6.07 Å². The Balaban J connectivity index is 2.84. The van der Waals surface area contributed by atoms with E-state index in [0.717, 1.165) is 0 Å². The molecule has 0 aliphatic rings. The van der Waals surface area contributed by atoms with E-state index in [4.69, 9.17) is 5.11 Å². The molecule has 10 heavy (non-hydrogen) atoms. The van der Waals surface area contributed by atoms with Gasteiger partial charge < -0.3 is 9.94 Å². The summed E-state index contributed by atoms with van der Waals surface area (Å²) >= 11 is 0. The Morgan fingerprint density at radius 1 is 1.50 bits per heavy atom. The average Bonchev–Trinajstić information content (AvgIpc) is 1.88. The molecule has 0 saturated carbocycles. The van der Waals surface area contributed by atoms with Crippen molar-refractivity contribution in [3.8, 4) is 11.5 Å². The van der Waals surface area contributed by atoms with E-state index >= 15 is 0 Å². The van der Waals surface area contributed by atoms with Gasteiger partial charge >= 0.3 is 0 Å². The highest BCUT2D eigenvalue weighted by Gasteiger charge is 1.92. The van der Waals surface area contributed by atoms with Gasteiger partial charge in [0, 0.05) is 6.07 Å². The van der Waals surface area contributed by atoms with E-state index in [1.54, 1.807) is 6.07 Å². The first-order valence-corrected chi connectivity index (χ1v) is 2.61. The Morgan fingerprint density at radius 2 is 2.30 bits per heavy atom. The van der Waals surface area contributed by atoms with Crippen LogP contribution < -0.4 is 4.84 Å². The molecule has 0 amide bonds. The molecule has 4 nitrogen and oxygen atoms in total. The van der Waals surface area contributed by atoms with Gasteiger partial charge in [-0.25, -0.2) is 0 Å². The first-order chi connectivity index (χ1) is 4.83. The third kappa shape index (κ3) is 1.45. The number of benzene rings is 1. The van der Waals surface area contributed by atoms with Gasteiger partial charge in [-0.05, 0) is 12.1 Å². The monoisotopic (exact) mass is 139 g/mol. The Labute approximate surface area is 57.0 Å². The Bertz CT molecular complexity index is 236. The molecule has 1 aromatic rings. The highest BCUT2D eigenvalue weighted by Crippen LogP contribution is 2.17. The quantitative estimate of drug-likeness (QED) is 0.498. The molecule has 0 aromatic heterocycles. The molecule has 0 atom stereocenters. The lowest BCUT2D eigenvalue weighted by Gasteiger charge is -1.93. The van der Waals surface area contributed by atoms with Crippen LogP contribution >= 0.6 is 0 Å². The van der Waals surface area contributed by atoms with Crippen LogP contribution in [0, 0.1) is 4.91 Å². The molecule has 0 spiro atoms. The van der Waals surface area contributed by atoms with E-state index in [1.807, 2.05) is 0 Å². The van der Waals surface area contributed by atoms with E-state index in [9.17, 15) is 4.91 Å². The van der Waals surface area contributed by atoms with Crippen molar-refractivity contribution in [2.24, 2.45) is 5.34 Å². The second-order valence-corrected chi connectivity index (χ2v) is 1.66. The maximum absolute atomic E-state index is 9.53. The molecule has 0 fully saturated rings. The Hall–Kier alpha value is -1.58. The number of aromatic hydroxyl groups is 1. The maximum Gasteiger partial charge on any atom is 0.165 e. The van der Waals surface area contributed by atoms with E-state index in [-0.39, 0.29) is 11.5 Å². The van der Waals surface area contributed by atoms with Crippen LogP contribution in [0.1, 0.15) is 0 Å². The fourth-order valence-electron chi connectivity index (χ4n) is 0.583. The van der Waals surface area contributed by atoms with Crippen LogP contribution in [0.4, 0.5) is 0 Å². The summed E-state index contributed by atoms with van der Waals surface area (Å²) < 4.78 is 0. The number of hydrogen-bond donors (Lipinski definition) is 1. The first kappa shape index (κ1) is 6.54. The van der Waals surface area contributed by atoms with Gasteiger partial charge in [0.05, 0.1) is 0 Å². The molecule has 1 aromatic carbocycles. The summed E-state index contributed by atoms with van der Waals surface area (Å²) in [7, 11) is 0. The van der Waals surface area contributed by atoms with Crippen molar-refractivity contribution in [1.82, 2.24) is 0 Å². The van der Waals surface area contributed by atoms with Crippen LogP contribution in [0.25, 0.3) is 0 Å². The smallest absolute Gasteiger partial charge is 0.165 e. The summed E-state index contributed by atoms with van der Waals surface area (Å²) in [4.78, 5) is 13.7. The molecular weight excluding hydrogens is 134 g/mol. The number of phenolic OH excluding ortho intramolecular Hbond substituents is 1. The number of nitrogens with zero attached hydrogens (tertiary/aromatic N) is 1. The molecular formula is C6H5NO3. The Kier molecular flexibility index (Phi) is 1.84. The lowest BCUT2D eigenvalue weighted by Crippen LogP contribution is -1.78. The second kappa shape index (κ2) is 2.82. The summed E-state index contributed by atoms with van der Waals surface area (Å²) in [5.41, 5.74) is 0. The van der Waals surface area contributed by atoms with Crippen molar-refractivity contribution in [1.29, 1.82) is 0 Å². The molecule has 0 aliphatic heterocycles. The minimum Gasteiger partial charge on any atom is -0.508 e. The van der Waals surface area contributed by atoms with Crippen LogP contribution in [0.3, 0.4) is 0 Å². The highest BCUT2D eigenvalue weighted by atomic mass is 16.7. The SMILES string of the molecule is O=NOc1cccc(O)c1. The summed E-state index contributed by atoms with van der Waals surface area (Å²) in [6.45, 7) is 0. The molecule has 0 saturated heterocycles. The Morgan fingerprint density at radius 3 is 2.90 bits per heavy atom. The largest absolute Gasteiger partial charge is 0.508 e. The minimum absolute atomic E-state index is 0.0427. The number of hydrogen-bond acceptors (Lipinski definition) is 4. The first-order valence-electron chi connectivity index (χ1n) is 2.61. The second-order valence-electron chi connectivity index (χ2n) is 1.66. The molecule has 52 valence electrons. The molecule has 0 radical (unpaired) electrons. The zero-order valence-corrected chi connectivity index (χ0v) is 5.02. The standard InChI is InChI=1S/C6H5NO3/c8-5-2-1-3-6(4-5)10-7-9/h1-4,8H. The predicted molar refractivity (Wildman–Crippen MR) is 34.5 cm³/mol. The molecule has 0 heterocycles. The summed E-state index contributed by atoms with van der Waals surface area (Å²) in [6.07, 6.45) is 0. The lowest BCUT2D eigenvalue weighted by molar-refractivity contribution is 0.332. The van der Waals surface area contributed by atoms with Crippen LogP contribution in [0.2, 0.25) is 0 Å². The zero-order valence-electron chi connectivity index (χ0n) is 5.02. The molecule has 1 rings (SSSR count). The normalized spacial score (nSPS) is 8.80. The molecule has 0 bridgehead atoms. The van der Waals surface area contributed by atoms with Crippen molar-refractivity contribution >= 4 is 0 Å². The summed E-state index contributed by atoms with van der Waals surface area (Å²) in [5, 5.41) is 11.0. The van der Waals surface area contributed by atoms with Gasteiger partial charge in [0.25, 0.3) is 0 Å². The minimum atomic E-state index is 0.0427. The zero-order chi connectivity index (χ0) is 7.40. The lowest BCUT2D eigenvalue weighted by atomic mass is 10.3. The predicted octanol–water partition coefficient (Wildman–Crippen LogP) is 1.45. The van der Waals surface area contributed by atoms with E-state index in [2.05, 4.69) is 10.2 Å². The fourth-order valence-corrected chi connectivity index (χ4v) is 0.583. The van der Waals surface area contributed by atoms with E-state index < -0.39 is 0 Å². The van der Waals surface area contributed by atoms with Crippen LogP contribution in [-0.2, 0) is 0 Å². The average molecular weight is 139 g/mol. The fraction of sp³-hybridized carbons (Fsp3) is 0. The summed E-state index contributed by atoms with van der Waals surface area (Å²) in [6, 6.07) is 5.83. The third-order valence-electron chi connectivity index (χ3n) is 0.960. The van der Waals surface area contributed by atoms with Crippen molar-refractivity contribution in [3.63, 3.8) is 0 Å². The van der Waals surface area contributed by atoms with Crippen LogP contribution in [0.15, 0.2) is 29.6 Å². The van der Waals surface area contributed by atoms with Gasteiger partial charge in [-0.3, -0.25) is 0 Å². The van der Waals surface area contributed by atoms with Gasteiger partial charge in [0.2, 0.25) is 0 Å². The van der Waals surface area contributed by atoms with E-state index in [0.29, 0.717) is 0 Å².